The van der Waals surface area contributed by atoms with Crippen LogP contribution in [0.1, 0.15) is 22.8 Å². The number of anilines is 3. The number of ether oxygens (including phenoxy) is 1. The molecule has 5 heteroatoms. The van der Waals surface area contributed by atoms with Crippen LogP contribution in [0.2, 0.25) is 0 Å². The molecule has 0 aliphatic rings. The van der Waals surface area contributed by atoms with Gasteiger partial charge in [-0.25, -0.2) is 4.98 Å². The molecule has 1 N–H and O–H groups in total. The number of hydrogen-bond acceptors (Lipinski definition) is 4. The Kier molecular flexibility index (Phi) is 5.71. The van der Waals surface area contributed by atoms with Gasteiger partial charge in [0.15, 0.2) is 0 Å². The molecular weight excluding hydrogens is 338 g/mol. The minimum atomic E-state index is -0.0525. The second-order valence-corrected chi connectivity index (χ2v) is 6.17. The van der Waals surface area contributed by atoms with Gasteiger partial charge in [-0.2, -0.15) is 0 Å². The number of methoxy groups -OCH3 is 1. The van der Waals surface area contributed by atoms with Crippen LogP contribution < -0.4 is 15.0 Å². The molecular formula is C22H23N3O2. The first kappa shape index (κ1) is 18.5. The Morgan fingerprint density at radius 2 is 1.89 bits per heavy atom. The molecule has 0 aliphatic carbocycles. The Morgan fingerprint density at radius 3 is 2.56 bits per heavy atom. The van der Waals surface area contributed by atoms with Crippen molar-refractivity contribution in [3.05, 3.63) is 78.0 Å². The quantitative estimate of drug-likeness (QED) is 0.685. The van der Waals surface area contributed by atoms with Crippen LogP contribution in [0.25, 0.3) is 0 Å². The van der Waals surface area contributed by atoms with E-state index in [0.717, 1.165) is 22.7 Å². The summed E-state index contributed by atoms with van der Waals surface area (Å²) in [5.74, 6) is 1.35. The Morgan fingerprint density at radius 1 is 1.11 bits per heavy atom. The molecule has 1 heterocycles. The molecule has 0 saturated heterocycles. The maximum absolute atomic E-state index is 13.0. The molecule has 0 spiro atoms. The molecule has 0 saturated carbocycles. The molecule has 3 rings (SSSR count). The van der Waals surface area contributed by atoms with E-state index in [1.54, 1.807) is 30.3 Å². The van der Waals surface area contributed by atoms with Crippen LogP contribution in [0, 0.1) is 6.92 Å². The first-order chi connectivity index (χ1) is 13.1. The lowest BCUT2D eigenvalue weighted by atomic mass is 10.1. The van der Waals surface area contributed by atoms with Gasteiger partial charge in [0.25, 0.3) is 5.91 Å². The summed E-state index contributed by atoms with van der Waals surface area (Å²) in [5, 5.41) is 3.22. The number of benzene rings is 2. The van der Waals surface area contributed by atoms with Crippen LogP contribution in [0.5, 0.6) is 5.75 Å². The number of nitrogens with one attached hydrogen (secondary N) is 1. The van der Waals surface area contributed by atoms with Crippen molar-refractivity contribution in [3.8, 4) is 5.75 Å². The third-order valence-corrected chi connectivity index (χ3v) is 4.24. The Bertz CT molecular complexity index is 923. The van der Waals surface area contributed by atoms with Crippen molar-refractivity contribution in [2.24, 2.45) is 0 Å². The summed E-state index contributed by atoms with van der Waals surface area (Å²) >= 11 is 0. The second kappa shape index (κ2) is 8.36. The third-order valence-electron chi connectivity index (χ3n) is 4.24. The lowest BCUT2D eigenvalue weighted by Crippen LogP contribution is -2.30. The third kappa shape index (κ3) is 4.44. The maximum Gasteiger partial charge on any atom is 0.258 e. The standard InChI is InChI=1S/C22H23N3O2/c1-4-25(19-7-5-6-16(2)14-19)22(26)17-12-13-23-21(15-17)24-18-8-10-20(27-3)11-9-18/h5-15H,4H2,1-3H3,(H,23,24). The van der Waals surface area contributed by atoms with Crippen molar-refractivity contribution in [1.29, 1.82) is 0 Å². The fourth-order valence-electron chi connectivity index (χ4n) is 2.85. The van der Waals surface area contributed by atoms with E-state index in [-0.39, 0.29) is 5.91 Å². The van der Waals surface area contributed by atoms with Gasteiger partial charge >= 0.3 is 0 Å². The smallest absolute Gasteiger partial charge is 0.258 e. The average molecular weight is 361 g/mol. The van der Waals surface area contributed by atoms with Crippen molar-refractivity contribution in [2.45, 2.75) is 13.8 Å². The highest BCUT2D eigenvalue weighted by Gasteiger charge is 2.17. The van der Waals surface area contributed by atoms with Crippen molar-refractivity contribution < 1.29 is 9.53 Å². The van der Waals surface area contributed by atoms with E-state index >= 15 is 0 Å². The van der Waals surface area contributed by atoms with E-state index < -0.39 is 0 Å². The van der Waals surface area contributed by atoms with E-state index in [4.69, 9.17) is 4.74 Å². The van der Waals surface area contributed by atoms with E-state index in [9.17, 15) is 4.79 Å². The molecule has 138 valence electrons. The minimum Gasteiger partial charge on any atom is -0.497 e. The highest BCUT2D eigenvalue weighted by molar-refractivity contribution is 6.06. The lowest BCUT2D eigenvalue weighted by molar-refractivity contribution is 0.0988. The van der Waals surface area contributed by atoms with Crippen LogP contribution in [-0.4, -0.2) is 24.5 Å². The Hall–Kier alpha value is -3.34. The topological polar surface area (TPSA) is 54.5 Å². The van der Waals surface area contributed by atoms with Crippen molar-refractivity contribution in [3.63, 3.8) is 0 Å². The van der Waals surface area contributed by atoms with Crippen LogP contribution in [0.15, 0.2) is 66.9 Å². The minimum absolute atomic E-state index is 0.0525. The molecule has 27 heavy (non-hydrogen) atoms. The van der Waals surface area contributed by atoms with Crippen molar-refractivity contribution in [1.82, 2.24) is 4.98 Å². The number of rotatable bonds is 6. The first-order valence-corrected chi connectivity index (χ1v) is 8.86. The molecule has 0 unspecified atom stereocenters. The number of aryl methyl sites for hydroxylation is 1. The SMILES string of the molecule is CCN(C(=O)c1ccnc(Nc2ccc(OC)cc2)c1)c1cccc(C)c1. The van der Waals surface area contributed by atoms with Gasteiger partial charge in [-0.3, -0.25) is 4.79 Å². The zero-order valence-electron chi connectivity index (χ0n) is 15.8. The summed E-state index contributed by atoms with van der Waals surface area (Å²) < 4.78 is 5.17. The number of carbonyl (C=O) groups excluding carboxylic acids is 1. The lowest BCUT2D eigenvalue weighted by Gasteiger charge is -2.21. The maximum atomic E-state index is 13.0. The van der Waals surface area contributed by atoms with Crippen LogP contribution >= 0.6 is 0 Å². The van der Waals surface area contributed by atoms with Gasteiger partial charge in [0.05, 0.1) is 7.11 Å². The molecule has 0 fully saturated rings. The van der Waals surface area contributed by atoms with Gasteiger partial charge < -0.3 is 15.0 Å². The summed E-state index contributed by atoms with van der Waals surface area (Å²) in [5.41, 5.74) is 3.47. The first-order valence-electron chi connectivity index (χ1n) is 8.86. The molecule has 0 aliphatic heterocycles. The monoisotopic (exact) mass is 361 g/mol. The average Bonchev–Trinajstić information content (AvgIpc) is 2.69. The van der Waals surface area contributed by atoms with Crippen LogP contribution in [0.3, 0.4) is 0 Å². The number of carbonyl (C=O) groups is 1. The highest BCUT2D eigenvalue weighted by Crippen LogP contribution is 2.22. The zero-order chi connectivity index (χ0) is 19.2. The van der Waals surface area contributed by atoms with E-state index in [0.29, 0.717) is 17.9 Å². The van der Waals surface area contributed by atoms with Gasteiger partial charge in [0.1, 0.15) is 11.6 Å². The van der Waals surface area contributed by atoms with Gasteiger partial charge in [-0.05, 0) is 67.9 Å². The van der Waals surface area contributed by atoms with E-state index in [2.05, 4.69) is 10.3 Å². The summed E-state index contributed by atoms with van der Waals surface area (Å²) in [6.07, 6.45) is 1.64. The molecule has 0 radical (unpaired) electrons. The molecule has 3 aromatic rings. The van der Waals surface area contributed by atoms with Gasteiger partial charge in [-0.1, -0.05) is 12.1 Å². The number of hydrogen-bond donors (Lipinski definition) is 1. The van der Waals surface area contributed by atoms with Gasteiger partial charge in [0, 0.05) is 29.7 Å². The Balaban J connectivity index is 1.81. The normalized spacial score (nSPS) is 10.3. The van der Waals surface area contributed by atoms with E-state index in [1.807, 2.05) is 62.4 Å². The molecule has 2 aromatic carbocycles. The second-order valence-electron chi connectivity index (χ2n) is 6.17. The summed E-state index contributed by atoms with van der Waals surface area (Å²) in [7, 11) is 1.63. The molecule has 0 bridgehead atoms. The van der Waals surface area contributed by atoms with Crippen molar-refractivity contribution in [2.75, 3.05) is 23.9 Å². The van der Waals surface area contributed by atoms with E-state index in [1.165, 1.54) is 0 Å². The van der Waals surface area contributed by atoms with Crippen LogP contribution in [-0.2, 0) is 0 Å². The fourth-order valence-corrected chi connectivity index (χ4v) is 2.85. The zero-order valence-corrected chi connectivity index (χ0v) is 15.8. The fraction of sp³-hybridized carbons (Fsp3) is 0.182. The highest BCUT2D eigenvalue weighted by atomic mass is 16.5. The van der Waals surface area contributed by atoms with Gasteiger partial charge in [-0.15, -0.1) is 0 Å². The number of nitrogens with zero attached hydrogens (tertiary/aromatic N) is 2. The molecule has 0 atom stereocenters. The predicted molar refractivity (Wildman–Crippen MR) is 109 cm³/mol. The number of amides is 1. The largest absolute Gasteiger partial charge is 0.497 e. The summed E-state index contributed by atoms with van der Waals surface area (Å²) in [6.45, 7) is 4.58. The summed E-state index contributed by atoms with van der Waals surface area (Å²) in [6, 6.07) is 19.0. The van der Waals surface area contributed by atoms with Crippen LogP contribution in [0.4, 0.5) is 17.2 Å². The Labute approximate surface area is 159 Å². The van der Waals surface area contributed by atoms with Crippen molar-refractivity contribution >= 4 is 23.1 Å². The molecule has 1 aromatic heterocycles. The predicted octanol–water partition coefficient (Wildman–Crippen LogP) is 4.81. The number of pyridine rings is 1. The summed E-state index contributed by atoms with van der Waals surface area (Å²) in [4.78, 5) is 19.1. The van der Waals surface area contributed by atoms with Gasteiger partial charge in [0.2, 0.25) is 0 Å². The molecule has 5 nitrogen and oxygen atoms in total. The number of aromatic nitrogens is 1. The molecule has 1 amide bonds.